The molecule has 1 fully saturated rings. The first-order valence-electron chi connectivity index (χ1n) is 4.96. The summed E-state index contributed by atoms with van der Waals surface area (Å²) in [4.78, 5) is 0. The Morgan fingerprint density at radius 1 is 1.31 bits per heavy atom. The van der Waals surface area contributed by atoms with Gasteiger partial charge in [0, 0.05) is 17.0 Å². The lowest BCUT2D eigenvalue weighted by atomic mass is 9.91. The zero-order valence-corrected chi connectivity index (χ0v) is 9.20. The Kier molecular flexibility index (Phi) is 2.67. The van der Waals surface area contributed by atoms with Crippen molar-refractivity contribution in [2.45, 2.75) is 24.4 Å². The van der Waals surface area contributed by atoms with E-state index in [0.29, 0.717) is 12.8 Å². The molecular weight excluding hydrogens is 239 g/mol. The molecule has 0 atom stereocenters. The molecular formula is C11H11ClF3N. The largest absolute Gasteiger partial charge is 0.416 e. The average Bonchev–Trinajstić information content (AvgIpc) is 2.97. The standard InChI is InChI=1S/C11H11ClF3N/c12-7-1-2-8(10(6-16)3-4-10)9(5-7)11(13,14)15/h1-2,5H,3-4,6,16H2. The fourth-order valence-corrected chi connectivity index (χ4v) is 2.12. The minimum absolute atomic E-state index is 0.101. The first kappa shape index (κ1) is 11.7. The summed E-state index contributed by atoms with van der Waals surface area (Å²) in [6.45, 7) is 0.248. The van der Waals surface area contributed by atoms with Gasteiger partial charge in [-0.2, -0.15) is 13.2 Å². The van der Waals surface area contributed by atoms with Gasteiger partial charge in [0.15, 0.2) is 0 Å². The lowest BCUT2D eigenvalue weighted by Gasteiger charge is -2.19. The zero-order chi connectivity index (χ0) is 12.0. The van der Waals surface area contributed by atoms with Gasteiger partial charge in [0.05, 0.1) is 5.56 Å². The van der Waals surface area contributed by atoms with Crippen molar-refractivity contribution < 1.29 is 13.2 Å². The summed E-state index contributed by atoms with van der Waals surface area (Å²) < 4.78 is 38.5. The van der Waals surface area contributed by atoms with Crippen molar-refractivity contribution in [3.8, 4) is 0 Å². The van der Waals surface area contributed by atoms with Crippen LogP contribution in [0.15, 0.2) is 18.2 Å². The van der Waals surface area contributed by atoms with Gasteiger partial charge >= 0.3 is 6.18 Å². The molecule has 1 aliphatic rings. The molecule has 5 heteroatoms. The van der Waals surface area contributed by atoms with Crippen LogP contribution in [0.4, 0.5) is 13.2 Å². The lowest BCUT2D eigenvalue weighted by molar-refractivity contribution is -0.138. The SMILES string of the molecule is NCC1(c2ccc(Cl)cc2C(F)(F)F)CC1. The van der Waals surface area contributed by atoms with Gasteiger partial charge in [-0.3, -0.25) is 0 Å². The Balaban J connectivity index is 2.53. The van der Waals surface area contributed by atoms with E-state index in [-0.39, 0.29) is 17.1 Å². The molecule has 0 aromatic heterocycles. The highest BCUT2D eigenvalue weighted by molar-refractivity contribution is 6.30. The monoisotopic (exact) mass is 249 g/mol. The second kappa shape index (κ2) is 3.64. The Hall–Kier alpha value is -0.740. The number of rotatable bonds is 2. The fourth-order valence-electron chi connectivity index (χ4n) is 1.95. The van der Waals surface area contributed by atoms with Crippen LogP contribution in [0.1, 0.15) is 24.0 Å². The van der Waals surface area contributed by atoms with Crippen LogP contribution in [-0.4, -0.2) is 6.54 Å². The molecule has 1 aromatic carbocycles. The number of hydrogen-bond acceptors (Lipinski definition) is 1. The molecule has 16 heavy (non-hydrogen) atoms. The van der Waals surface area contributed by atoms with Crippen LogP contribution < -0.4 is 5.73 Å². The number of nitrogens with two attached hydrogens (primary N) is 1. The van der Waals surface area contributed by atoms with Gasteiger partial charge in [0.25, 0.3) is 0 Å². The van der Waals surface area contributed by atoms with Crippen LogP contribution >= 0.6 is 11.6 Å². The number of alkyl halides is 3. The van der Waals surface area contributed by atoms with Crippen molar-refractivity contribution in [1.82, 2.24) is 0 Å². The highest BCUT2D eigenvalue weighted by atomic mass is 35.5. The molecule has 0 bridgehead atoms. The molecule has 0 saturated heterocycles. The summed E-state index contributed by atoms with van der Waals surface area (Å²) >= 11 is 5.61. The van der Waals surface area contributed by atoms with Crippen LogP contribution in [0, 0.1) is 0 Å². The zero-order valence-electron chi connectivity index (χ0n) is 8.44. The highest BCUT2D eigenvalue weighted by Gasteiger charge is 2.48. The third-order valence-corrected chi connectivity index (χ3v) is 3.34. The van der Waals surface area contributed by atoms with Crippen molar-refractivity contribution in [2.24, 2.45) is 5.73 Å². The molecule has 0 unspecified atom stereocenters. The van der Waals surface area contributed by atoms with E-state index in [9.17, 15) is 13.2 Å². The normalized spacial score (nSPS) is 18.6. The Bertz CT molecular complexity index is 410. The van der Waals surface area contributed by atoms with E-state index in [1.54, 1.807) is 0 Å². The van der Waals surface area contributed by atoms with E-state index in [0.717, 1.165) is 6.07 Å². The predicted octanol–water partition coefficient (Wildman–Crippen LogP) is 3.35. The Labute approximate surface area is 96.4 Å². The molecule has 1 nitrogen and oxygen atoms in total. The van der Waals surface area contributed by atoms with E-state index < -0.39 is 17.2 Å². The van der Waals surface area contributed by atoms with Crippen molar-refractivity contribution in [3.05, 3.63) is 34.3 Å². The maximum atomic E-state index is 12.8. The third-order valence-electron chi connectivity index (χ3n) is 3.10. The smallest absolute Gasteiger partial charge is 0.330 e. The summed E-state index contributed by atoms with van der Waals surface area (Å²) in [6, 6.07) is 3.92. The van der Waals surface area contributed by atoms with Crippen molar-refractivity contribution in [2.75, 3.05) is 6.54 Å². The summed E-state index contributed by atoms with van der Waals surface area (Å²) in [5.74, 6) is 0. The Morgan fingerprint density at radius 2 is 1.94 bits per heavy atom. The van der Waals surface area contributed by atoms with Gasteiger partial charge < -0.3 is 5.73 Å². The van der Waals surface area contributed by atoms with Crippen LogP contribution in [0.25, 0.3) is 0 Å². The van der Waals surface area contributed by atoms with Gasteiger partial charge in [-0.1, -0.05) is 17.7 Å². The molecule has 0 aliphatic heterocycles. The Morgan fingerprint density at radius 3 is 2.38 bits per heavy atom. The second-order valence-electron chi connectivity index (χ2n) is 4.17. The highest BCUT2D eigenvalue weighted by Crippen LogP contribution is 2.51. The van der Waals surface area contributed by atoms with E-state index in [1.165, 1.54) is 12.1 Å². The minimum Gasteiger partial charge on any atom is -0.330 e. The maximum Gasteiger partial charge on any atom is 0.416 e. The fraction of sp³-hybridized carbons (Fsp3) is 0.455. The molecule has 0 amide bonds. The predicted molar refractivity (Wildman–Crippen MR) is 56.4 cm³/mol. The summed E-state index contributed by atoms with van der Waals surface area (Å²) in [7, 11) is 0. The molecule has 0 spiro atoms. The number of benzene rings is 1. The van der Waals surface area contributed by atoms with Crippen LogP contribution in [0.3, 0.4) is 0 Å². The van der Waals surface area contributed by atoms with Gasteiger partial charge in [0.1, 0.15) is 0 Å². The molecule has 2 rings (SSSR count). The molecule has 1 aromatic rings. The van der Waals surface area contributed by atoms with Gasteiger partial charge in [-0.25, -0.2) is 0 Å². The van der Waals surface area contributed by atoms with Gasteiger partial charge in [-0.05, 0) is 30.5 Å². The van der Waals surface area contributed by atoms with Crippen LogP contribution in [0.2, 0.25) is 5.02 Å². The van der Waals surface area contributed by atoms with Gasteiger partial charge in [-0.15, -0.1) is 0 Å². The van der Waals surface area contributed by atoms with E-state index >= 15 is 0 Å². The quantitative estimate of drug-likeness (QED) is 0.855. The summed E-state index contributed by atoms with van der Waals surface area (Å²) in [5.41, 5.74) is 4.71. The lowest BCUT2D eigenvalue weighted by Crippen LogP contribution is -2.23. The first-order chi connectivity index (χ1) is 7.39. The first-order valence-corrected chi connectivity index (χ1v) is 5.34. The molecule has 1 aliphatic carbocycles. The summed E-state index contributed by atoms with van der Waals surface area (Å²) in [6.07, 6.45) is -2.94. The van der Waals surface area contributed by atoms with Crippen molar-refractivity contribution >= 4 is 11.6 Å². The van der Waals surface area contributed by atoms with Gasteiger partial charge in [0.2, 0.25) is 0 Å². The minimum atomic E-state index is -4.37. The van der Waals surface area contributed by atoms with Crippen LogP contribution in [-0.2, 0) is 11.6 Å². The average molecular weight is 250 g/mol. The maximum absolute atomic E-state index is 12.8. The molecule has 2 N–H and O–H groups in total. The molecule has 0 radical (unpaired) electrons. The molecule has 88 valence electrons. The number of halogens is 4. The third kappa shape index (κ3) is 1.92. The van der Waals surface area contributed by atoms with Crippen molar-refractivity contribution in [1.29, 1.82) is 0 Å². The van der Waals surface area contributed by atoms with Crippen molar-refractivity contribution in [3.63, 3.8) is 0 Å². The topological polar surface area (TPSA) is 26.0 Å². The number of hydrogen-bond donors (Lipinski definition) is 1. The molecule has 0 heterocycles. The van der Waals surface area contributed by atoms with E-state index in [4.69, 9.17) is 17.3 Å². The van der Waals surface area contributed by atoms with E-state index in [1.807, 2.05) is 0 Å². The van der Waals surface area contributed by atoms with E-state index in [2.05, 4.69) is 0 Å². The second-order valence-corrected chi connectivity index (χ2v) is 4.61. The summed E-state index contributed by atoms with van der Waals surface area (Å²) in [5, 5.41) is 0.101. The van der Waals surface area contributed by atoms with Crippen LogP contribution in [0.5, 0.6) is 0 Å². The molecule has 1 saturated carbocycles.